The molecule has 1 saturated heterocycles. The molecule has 0 saturated carbocycles. The zero-order chi connectivity index (χ0) is 24.2. The zero-order valence-corrected chi connectivity index (χ0v) is 18.4. The van der Waals surface area contributed by atoms with Crippen molar-refractivity contribution in [2.24, 2.45) is 0 Å². The van der Waals surface area contributed by atoms with Gasteiger partial charge in [-0.3, -0.25) is 4.79 Å². The minimum Gasteiger partial charge on any atom is -0.452 e. The smallest absolute Gasteiger partial charge is 0.416 e. The minimum absolute atomic E-state index is 0.00148. The summed E-state index contributed by atoms with van der Waals surface area (Å²) in [6.45, 7) is 1.34. The molecule has 1 aliphatic rings. The summed E-state index contributed by atoms with van der Waals surface area (Å²) in [5, 5.41) is 2.67. The summed E-state index contributed by atoms with van der Waals surface area (Å²) < 4.78 is 67.4. The van der Waals surface area contributed by atoms with Crippen molar-refractivity contribution in [2.75, 3.05) is 30.0 Å². The second kappa shape index (κ2) is 9.77. The maximum absolute atomic E-state index is 13.0. The van der Waals surface area contributed by atoms with E-state index in [9.17, 15) is 31.2 Å². The van der Waals surface area contributed by atoms with Gasteiger partial charge in [-0.25, -0.2) is 18.2 Å². The Morgan fingerprint density at radius 1 is 1.24 bits per heavy atom. The number of nitrogens with zero attached hydrogens (tertiary/aromatic N) is 2. The van der Waals surface area contributed by atoms with Gasteiger partial charge in [0.2, 0.25) is 0 Å². The number of anilines is 2. The fraction of sp³-hybridized carbons (Fsp3) is 0.381. The number of halogens is 3. The topological polar surface area (TPSA) is 106 Å². The second-order valence-corrected chi connectivity index (χ2v) is 9.64. The summed E-state index contributed by atoms with van der Waals surface area (Å²) in [5.74, 6) is -1.61. The molecule has 0 unspecified atom stereocenters. The third kappa shape index (κ3) is 6.21. The Morgan fingerprint density at radius 2 is 2.00 bits per heavy atom. The van der Waals surface area contributed by atoms with E-state index in [0.717, 1.165) is 12.1 Å². The van der Waals surface area contributed by atoms with Crippen LogP contribution in [-0.2, 0) is 25.5 Å². The normalized spacial score (nSPS) is 17.4. The van der Waals surface area contributed by atoms with Gasteiger partial charge in [0.15, 0.2) is 16.4 Å². The molecule has 1 fully saturated rings. The molecule has 1 N–H and O–H groups in total. The number of sulfone groups is 1. The van der Waals surface area contributed by atoms with Crippen molar-refractivity contribution in [2.45, 2.75) is 25.6 Å². The van der Waals surface area contributed by atoms with E-state index >= 15 is 0 Å². The van der Waals surface area contributed by atoms with Crippen molar-refractivity contribution in [1.82, 2.24) is 9.88 Å². The second-order valence-electron chi connectivity index (χ2n) is 7.42. The van der Waals surface area contributed by atoms with Crippen molar-refractivity contribution >= 4 is 33.2 Å². The number of carbonyl (C=O) groups is 2. The first-order valence-corrected chi connectivity index (χ1v) is 11.9. The lowest BCUT2D eigenvalue weighted by Crippen LogP contribution is -2.43. The van der Waals surface area contributed by atoms with Gasteiger partial charge in [-0.15, -0.1) is 0 Å². The predicted molar refractivity (Wildman–Crippen MR) is 114 cm³/mol. The number of amides is 1. The molecule has 1 aliphatic heterocycles. The molecule has 0 aliphatic carbocycles. The quantitative estimate of drug-likeness (QED) is 0.601. The molecule has 2 heterocycles. The van der Waals surface area contributed by atoms with Crippen molar-refractivity contribution in [1.29, 1.82) is 0 Å². The molecule has 12 heteroatoms. The van der Waals surface area contributed by atoms with Crippen molar-refractivity contribution in [3.05, 3.63) is 53.7 Å². The number of rotatable bonds is 7. The number of nitrogens with one attached hydrogen (secondary N) is 1. The Hall–Kier alpha value is -3.15. The molecule has 0 radical (unpaired) electrons. The molecule has 2 aromatic rings. The first-order chi connectivity index (χ1) is 15.5. The summed E-state index contributed by atoms with van der Waals surface area (Å²) in [4.78, 5) is 30.5. The third-order valence-corrected chi connectivity index (χ3v) is 6.87. The molecule has 1 aromatic carbocycles. The van der Waals surface area contributed by atoms with Gasteiger partial charge in [0, 0.05) is 24.5 Å². The average Bonchev–Trinajstić information content (AvgIpc) is 3.11. The van der Waals surface area contributed by atoms with Crippen molar-refractivity contribution < 1.29 is 35.9 Å². The molecule has 1 aromatic heterocycles. The fourth-order valence-corrected chi connectivity index (χ4v) is 5.26. The van der Waals surface area contributed by atoms with Crippen LogP contribution in [0.3, 0.4) is 0 Å². The van der Waals surface area contributed by atoms with Gasteiger partial charge >= 0.3 is 12.1 Å². The Bertz CT molecular complexity index is 1140. The van der Waals surface area contributed by atoms with Crippen LogP contribution >= 0.6 is 0 Å². The van der Waals surface area contributed by atoms with Crippen LogP contribution in [0.25, 0.3) is 0 Å². The van der Waals surface area contributed by atoms with E-state index in [1.54, 1.807) is 6.92 Å². The lowest BCUT2D eigenvalue weighted by atomic mass is 10.2. The highest BCUT2D eigenvalue weighted by Gasteiger charge is 2.34. The van der Waals surface area contributed by atoms with E-state index in [2.05, 4.69) is 10.3 Å². The Balaban J connectivity index is 1.68. The van der Waals surface area contributed by atoms with Crippen molar-refractivity contribution in [3.63, 3.8) is 0 Å². The van der Waals surface area contributed by atoms with E-state index in [0.29, 0.717) is 6.42 Å². The predicted octanol–water partition coefficient (Wildman–Crippen LogP) is 3.04. The minimum atomic E-state index is -4.53. The zero-order valence-electron chi connectivity index (χ0n) is 17.6. The molecule has 33 heavy (non-hydrogen) atoms. The molecule has 1 amide bonds. The highest BCUT2D eigenvalue weighted by Crippen LogP contribution is 2.31. The number of ether oxygens (including phenoxy) is 1. The van der Waals surface area contributed by atoms with Gasteiger partial charge in [0.05, 0.1) is 17.1 Å². The Labute approximate surface area is 188 Å². The SMILES string of the molecule is CCN(C(=O)COC(=O)c1cccnc1Nc1cccc(C(F)(F)F)c1)[C@H]1CCS(=O)(=O)C1. The highest BCUT2D eigenvalue weighted by atomic mass is 32.2. The fourth-order valence-electron chi connectivity index (χ4n) is 3.53. The van der Waals surface area contributed by atoms with Crippen LogP contribution in [0.5, 0.6) is 0 Å². The molecule has 1 atom stereocenters. The first-order valence-electron chi connectivity index (χ1n) is 10.1. The molecular weight excluding hydrogens is 463 g/mol. The molecule has 0 bridgehead atoms. The van der Waals surface area contributed by atoms with Crippen LogP contribution in [0.15, 0.2) is 42.6 Å². The van der Waals surface area contributed by atoms with Crippen LogP contribution in [0.1, 0.15) is 29.3 Å². The number of likely N-dealkylation sites (N-methyl/N-ethyl adjacent to an activating group) is 1. The average molecular weight is 485 g/mol. The summed E-state index contributed by atoms with van der Waals surface area (Å²) in [6, 6.07) is 6.73. The number of hydrogen-bond donors (Lipinski definition) is 1. The first kappa shape index (κ1) is 24.5. The van der Waals surface area contributed by atoms with Crippen LogP contribution in [0.4, 0.5) is 24.7 Å². The number of esters is 1. The molecule has 178 valence electrons. The number of benzene rings is 1. The third-order valence-electron chi connectivity index (χ3n) is 5.12. The molecular formula is C21H22F3N3O5S. The number of alkyl halides is 3. The van der Waals surface area contributed by atoms with E-state index in [-0.39, 0.29) is 35.1 Å². The van der Waals surface area contributed by atoms with Gasteiger partial charge < -0.3 is 15.0 Å². The van der Waals surface area contributed by atoms with Gasteiger partial charge in [-0.1, -0.05) is 6.07 Å². The summed E-state index contributed by atoms with van der Waals surface area (Å²) in [5.41, 5.74) is -0.880. The van der Waals surface area contributed by atoms with Gasteiger partial charge in [-0.2, -0.15) is 13.2 Å². The monoisotopic (exact) mass is 485 g/mol. The van der Waals surface area contributed by atoms with E-state index in [1.807, 2.05) is 0 Å². The Kier molecular flexibility index (Phi) is 7.25. The summed E-state index contributed by atoms with van der Waals surface area (Å²) in [7, 11) is -3.19. The summed E-state index contributed by atoms with van der Waals surface area (Å²) in [6.07, 6.45) is -2.87. The summed E-state index contributed by atoms with van der Waals surface area (Å²) >= 11 is 0. The maximum atomic E-state index is 13.0. The van der Waals surface area contributed by atoms with Gasteiger partial charge in [0.25, 0.3) is 5.91 Å². The van der Waals surface area contributed by atoms with E-state index in [4.69, 9.17) is 4.74 Å². The lowest BCUT2D eigenvalue weighted by molar-refractivity contribution is -0.137. The number of hydrogen-bond acceptors (Lipinski definition) is 7. The number of aromatic nitrogens is 1. The standard InChI is InChI=1S/C21H22F3N3O5S/c1-2-27(16-8-10-33(30,31)13-16)18(28)12-32-20(29)17-7-4-9-25-19(17)26-15-6-3-5-14(11-15)21(22,23)24/h3-7,9,11,16H,2,8,10,12-13H2,1H3,(H,25,26)/t16-/m0/s1. The van der Waals surface area contributed by atoms with Crippen LogP contribution in [0.2, 0.25) is 0 Å². The highest BCUT2D eigenvalue weighted by molar-refractivity contribution is 7.91. The van der Waals surface area contributed by atoms with Crippen LogP contribution in [-0.4, -0.2) is 60.9 Å². The molecule has 0 spiro atoms. The molecule has 8 nitrogen and oxygen atoms in total. The Morgan fingerprint density at radius 3 is 2.64 bits per heavy atom. The van der Waals surface area contributed by atoms with Crippen molar-refractivity contribution in [3.8, 4) is 0 Å². The number of carbonyl (C=O) groups excluding carboxylic acids is 2. The lowest BCUT2D eigenvalue weighted by Gasteiger charge is -2.26. The van der Waals surface area contributed by atoms with Crippen LogP contribution < -0.4 is 5.32 Å². The maximum Gasteiger partial charge on any atom is 0.416 e. The number of pyridine rings is 1. The largest absolute Gasteiger partial charge is 0.452 e. The van der Waals surface area contributed by atoms with E-state index in [1.165, 1.54) is 35.4 Å². The van der Waals surface area contributed by atoms with Gasteiger partial charge in [-0.05, 0) is 43.7 Å². The van der Waals surface area contributed by atoms with E-state index < -0.39 is 46.1 Å². The molecule has 3 rings (SSSR count). The van der Waals surface area contributed by atoms with Gasteiger partial charge in [0.1, 0.15) is 11.4 Å². The van der Waals surface area contributed by atoms with Crippen LogP contribution in [0, 0.1) is 0 Å².